The zero-order valence-corrected chi connectivity index (χ0v) is 12.5. The second kappa shape index (κ2) is 5.99. The van der Waals surface area contributed by atoms with Crippen LogP contribution in [-0.4, -0.2) is 8.42 Å². The standard InChI is InChI=1S/C14H11ClF2O3S/c1-9-6-11(21(15,18)19)3-5-14(9)20-8-10-2-4-12(16)13(17)7-10/h2-7H,8H2,1H3. The van der Waals surface area contributed by atoms with E-state index >= 15 is 0 Å². The highest BCUT2D eigenvalue weighted by atomic mass is 35.7. The summed E-state index contributed by atoms with van der Waals surface area (Å²) >= 11 is 0. The van der Waals surface area contributed by atoms with Crippen molar-refractivity contribution >= 4 is 19.7 Å². The quantitative estimate of drug-likeness (QED) is 0.800. The molecule has 0 aliphatic carbocycles. The molecule has 2 aromatic rings. The third kappa shape index (κ3) is 3.92. The summed E-state index contributed by atoms with van der Waals surface area (Å²) in [6.07, 6.45) is 0. The Morgan fingerprint density at radius 2 is 1.81 bits per heavy atom. The van der Waals surface area contributed by atoms with Crippen LogP contribution in [0.5, 0.6) is 5.75 Å². The maximum Gasteiger partial charge on any atom is 0.261 e. The first-order valence-corrected chi connectivity index (χ1v) is 8.20. The van der Waals surface area contributed by atoms with E-state index in [1.54, 1.807) is 6.92 Å². The highest BCUT2D eigenvalue weighted by Crippen LogP contribution is 2.24. The summed E-state index contributed by atoms with van der Waals surface area (Å²) < 4.78 is 53.7. The largest absolute Gasteiger partial charge is 0.489 e. The summed E-state index contributed by atoms with van der Waals surface area (Å²) in [5, 5.41) is 0. The third-order valence-electron chi connectivity index (χ3n) is 2.81. The molecule has 112 valence electrons. The van der Waals surface area contributed by atoms with Crippen molar-refractivity contribution in [1.29, 1.82) is 0 Å². The summed E-state index contributed by atoms with van der Waals surface area (Å²) in [7, 11) is 1.45. The fourth-order valence-corrected chi connectivity index (χ4v) is 2.56. The van der Waals surface area contributed by atoms with Crippen LogP contribution in [0.4, 0.5) is 8.78 Å². The van der Waals surface area contributed by atoms with Gasteiger partial charge in [0.25, 0.3) is 9.05 Å². The molecule has 0 atom stereocenters. The summed E-state index contributed by atoms with van der Waals surface area (Å²) in [5.41, 5.74) is 1.03. The van der Waals surface area contributed by atoms with Crippen molar-refractivity contribution in [3.63, 3.8) is 0 Å². The minimum atomic E-state index is -3.79. The molecule has 0 fully saturated rings. The number of benzene rings is 2. The van der Waals surface area contributed by atoms with Gasteiger partial charge in [-0.15, -0.1) is 0 Å². The van der Waals surface area contributed by atoms with Gasteiger partial charge in [0.15, 0.2) is 11.6 Å². The molecule has 0 aliphatic heterocycles. The fraction of sp³-hybridized carbons (Fsp3) is 0.143. The molecule has 2 rings (SSSR count). The second-order valence-electron chi connectivity index (χ2n) is 4.40. The first kappa shape index (κ1) is 15.7. The molecule has 0 spiro atoms. The Labute approximate surface area is 125 Å². The van der Waals surface area contributed by atoms with E-state index < -0.39 is 20.7 Å². The van der Waals surface area contributed by atoms with Gasteiger partial charge in [0.2, 0.25) is 0 Å². The van der Waals surface area contributed by atoms with Gasteiger partial charge in [-0.1, -0.05) is 6.07 Å². The minimum Gasteiger partial charge on any atom is -0.489 e. The van der Waals surface area contributed by atoms with E-state index in [1.807, 2.05) is 0 Å². The Kier molecular flexibility index (Phi) is 4.49. The normalized spacial score (nSPS) is 11.4. The zero-order chi connectivity index (χ0) is 15.6. The van der Waals surface area contributed by atoms with Crippen LogP contribution in [0.25, 0.3) is 0 Å². The average Bonchev–Trinajstić information content (AvgIpc) is 2.40. The van der Waals surface area contributed by atoms with Gasteiger partial charge in [0.1, 0.15) is 12.4 Å². The van der Waals surface area contributed by atoms with Crippen LogP contribution in [0.3, 0.4) is 0 Å². The highest BCUT2D eigenvalue weighted by molar-refractivity contribution is 8.13. The molecular formula is C14H11ClF2O3S. The molecule has 0 radical (unpaired) electrons. The molecule has 0 aliphatic rings. The van der Waals surface area contributed by atoms with E-state index in [0.717, 1.165) is 12.1 Å². The van der Waals surface area contributed by atoms with Crippen LogP contribution in [-0.2, 0) is 15.7 Å². The van der Waals surface area contributed by atoms with Crippen LogP contribution in [0.2, 0.25) is 0 Å². The van der Waals surface area contributed by atoms with Crippen molar-refractivity contribution in [1.82, 2.24) is 0 Å². The van der Waals surface area contributed by atoms with E-state index in [0.29, 0.717) is 16.9 Å². The molecule has 0 N–H and O–H groups in total. The lowest BCUT2D eigenvalue weighted by molar-refractivity contribution is 0.302. The monoisotopic (exact) mass is 332 g/mol. The number of hydrogen-bond acceptors (Lipinski definition) is 3. The fourth-order valence-electron chi connectivity index (χ4n) is 1.73. The van der Waals surface area contributed by atoms with Gasteiger partial charge in [0.05, 0.1) is 4.90 Å². The van der Waals surface area contributed by atoms with Crippen molar-refractivity contribution in [3.05, 3.63) is 59.2 Å². The zero-order valence-electron chi connectivity index (χ0n) is 10.9. The molecule has 21 heavy (non-hydrogen) atoms. The summed E-state index contributed by atoms with van der Waals surface area (Å²) in [6, 6.07) is 7.63. The molecule has 7 heteroatoms. The molecule has 0 heterocycles. The second-order valence-corrected chi connectivity index (χ2v) is 6.97. The Hall–Kier alpha value is -1.66. The lowest BCUT2D eigenvalue weighted by Crippen LogP contribution is -1.99. The average molecular weight is 333 g/mol. The first-order chi connectivity index (χ1) is 9.77. The molecular weight excluding hydrogens is 322 g/mol. The van der Waals surface area contributed by atoms with Crippen molar-refractivity contribution in [3.8, 4) is 5.75 Å². The van der Waals surface area contributed by atoms with E-state index in [2.05, 4.69) is 0 Å². The number of ether oxygens (including phenoxy) is 1. The topological polar surface area (TPSA) is 43.4 Å². The Morgan fingerprint density at radius 1 is 1.10 bits per heavy atom. The molecule has 0 saturated carbocycles. The SMILES string of the molecule is Cc1cc(S(=O)(=O)Cl)ccc1OCc1ccc(F)c(F)c1. The summed E-state index contributed by atoms with van der Waals surface area (Å²) in [4.78, 5) is -0.0261. The van der Waals surface area contributed by atoms with Crippen LogP contribution < -0.4 is 4.74 Å². The maximum absolute atomic E-state index is 13.1. The van der Waals surface area contributed by atoms with Crippen molar-refractivity contribution in [2.24, 2.45) is 0 Å². The van der Waals surface area contributed by atoms with Gasteiger partial charge in [0, 0.05) is 10.7 Å². The molecule has 2 aromatic carbocycles. The Balaban J connectivity index is 2.15. The van der Waals surface area contributed by atoms with Gasteiger partial charge in [-0.2, -0.15) is 0 Å². The smallest absolute Gasteiger partial charge is 0.261 e. The lowest BCUT2D eigenvalue weighted by atomic mass is 10.2. The lowest BCUT2D eigenvalue weighted by Gasteiger charge is -2.10. The molecule has 0 unspecified atom stereocenters. The molecule has 0 saturated heterocycles. The first-order valence-electron chi connectivity index (χ1n) is 5.89. The molecule has 0 bridgehead atoms. The van der Waals surface area contributed by atoms with Gasteiger partial charge < -0.3 is 4.74 Å². The molecule has 0 amide bonds. The molecule has 0 aromatic heterocycles. The minimum absolute atomic E-state index is 0.0261. The van der Waals surface area contributed by atoms with Gasteiger partial charge >= 0.3 is 0 Å². The van der Waals surface area contributed by atoms with Crippen LogP contribution in [0.15, 0.2) is 41.3 Å². The maximum atomic E-state index is 13.1. The predicted molar refractivity (Wildman–Crippen MR) is 74.9 cm³/mol. The van der Waals surface area contributed by atoms with Crippen LogP contribution in [0, 0.1) is 18.6 Å². The Bertz CT molecular complexity index is 776. The van der Waals surface area contributed by atoms with Crippen molar-refractivity contribution in [2.75, 3.05) is 0 Å². The van der Waals surface area contributed by atoms with Crippen molar-refractivity contribution < 1.29 is 21.9 Å². The predicted octanol–water partition coefficient (Wildman–Crippen LogP) is 3.78. The number of aryl methyl sites for hydroxylation is 1. The molecule has 3 nitrogen and oxygen atoms in total. The van der Waals surface area contributed by atoms with E-state index in [4.69, 9.17) is 15.4 Å². The van der Waals surface area contributed by atoms with Gasteiger partial charge in [-0.05, 0) is 48.4 Å². The highest BCUT2D eigenvalue weighted by Gasteiger charge is 2.12. The van der Waals surface area contributed by atoms with Crippen molar-refractivity contribution in [2.45, 2.75) is 18.4 Å². The van der Waals surface area contributed by atoms with Crippen LogP contribution in [0.1, 0.15) is 11.1 Å². The summed E-state index contributed by atoms with van der Waals surface area (Å²) in [5.74, 6) is -1.44. The van der Waals surface area contributed by atoms with E-state index in [-0.39, 0.29) is 11.5 Å². The number of hydrogen-bond donors (Lipinski definition) is 0. The van der Waals surface area contributed by atoms with E-state index in [1.165, 1.54) is 24.3 Å². The number of halogens is 3. The van der Waals surface area contributed by atoms with Gasteiger partial charge in [-0.25, -0.2) is 17.2 Å². The summed E-state index contributed by atoms with van der Waals surface area (Å²) in [6.45, 7) is 1.69. The third-order valence-corrected chi connectivity index (χ3v) is 4.16. The number of rotatable bonds is 4. The van der Waals surface area contributed by atoms with E-state index in [9.17, 15) is 17.2 Å². The Morgan fingerprint density at radius 3 is 2.38 bits per heavy atom. The van der Waals surface area contributed by atoms with Gasteiger partial charge in [-0.3, -0.25) is 0 Å². The van der Waals surface area contributed by atoms with Crippen LogP contribution >= 0.6 is 10.7 Å².